The molecule has 1 aromatic rings. The van der Waals surface area contributed by atoms with Crippen LogP contribution in [-0.4, -0.2) is 43.5 Å². The molecule has 0 bridgehead atoms. The van der Waals surface area contributed by atoms with Crippen LogP contribution in [0.1, 0.15) is 39.1 Å². The van der Waals surface area contributed by atoms with Crippen molar-refractivity contribution in [2.45, 2.75) is 33.2 Å². The quantitative estimate of drug-likeness (QED) is 0.677. The van der Waals surface area contributed by atoms with Crippen molar-refractivity contribution in [3.63, 3.8) is 0 Å². The summed E-state index contributed by atoms with van der Waals surface area (Å²) in [5.74, 6) is 0.627. The topological polar surface area (TPSA) is 63.4 Å². The van der Waals surface area contributed by atoms with Crippen molar-refractivity contribution < 1.29 is 9.15 Å². The second-order valence-electron chi connectivity index (χ2n) is 4.22. The molecule has 0 aromatic carbocycles. The van der Waals surface area contributed by atoms with Crippen molar-refractivity contribution in [1.29, 1.82) is 0 Å². The minimum absolute atomic E-state index is 0.0893. The lowest BCUT2D eigenvalue weighted by molar-refractivity contribution is 0.154. The molecule has 1 N–H and O–H groups in total. The number of nitrogens with one attached hydrogen (secondary N) is 1. The summed E-state index contributed by atoms with van der Waals surface area (Å²) >= 11 is 0. The fraction of sp³-hybridized carbons (Fsp3) is 0.833. The van der Waals surface area contributed by atoms with Crippen molar-refractivity contribution in [3.8, 4) is 0 Å². The van der Waals surface area contributed by atoms with Crippen molar-refractivity contribution in [2.75, 3.05) is 38.3 Å². The van der Waals surface area contributed by atoms with Crippen LogP contribution in [0.3, 0.4) is 0 Å². The van der Waals surface area contributed by atoms with E-state index in [9.17, 15) is 0 Å². The van der Waals surface area contributed by atoms with Crippen LogP contribution in [0.25, 0.3) is 0 Å². The molecular weight excluding hydrogens is 232 g/mol. The van der Waals surface area contributed by atoms with Gasteiger partial charge in [0.25, 0.3) is 0 Å². The maximum Gasteiger partial charge on any atom is 0.318 e. The summed E-state index contributed by atoms with van der Waals surface area (Å²) in [7, 11) is 1.92. The SMILES string of the molecule is CCCNC(C)c1nnc(N(C)CCOCC)o1. The molecule has 6 nitrogen and oxygen atoms in total. The van der Waals surface area contributed by atoms with E-state index in [4.69, 9.17) is 9.15 Å². The van der Waals surface area contributed by atoms with Gasteiger partial charge in [0.1, 0.15) is 0 Å². The van der Waals surface area contributed by atoms with Gasteiger partial charge < -0.3 is 19.4 Å². The summed E-state index contributed by atoms with van der Waals surface area (Å²) in [6, 6.07) is 0.626. The number of aromatic nitrogens is 2. The van der Waals surface area contributed by atoms with E-state index in [0.717, 1.165) is 26.1 Å². The Bertz CT molecular complexity index is 330. The molecule has 1 rings (SSSR count). The maximum absolute atomic E-state index is 5.62. The minimum Gasteiger partial charge on any atom is -0.406 e. The van der Waals surface area contributed by atoms with E-state index in [0.29, 0.717) is 18.5 Å². The highest BCUT2D eigenvalue weighted by Gasteiger charge is 2.15. The number of rotatable bonds is 9. The Morgan fingerprint density at radius 3 is 2.83 bits per heavy atom. The summed E-state index contributed by atoms with van der Waals surface area (Å²) in [6.07, 6.45) is 1.08. The average Bonchev–Trinajstić information content (AvgIpc) is 2.85. The fourth-order valence-electron chi connectivity index (χ4n) is 1.45. The van der Waals surface area contributed by atoms with Gasteiger partial charge in [0.2, 0.25) is 5.89 Å². The highest BCUT2D eigenvalue weighted by molar-refractivity contribution is 5.21. The molecule has 1 aromatic heterocycles. The molecule has 18 heavy (non-hydrogen) atoms. The molecule has 0 saturated carbocycles. The third-order valence-electron chi connectivity index (χ3n) is 2.60. The predicted molar refractivity (Wildman–Crippen MR) is 70.8 cm³/mol. The zero-order valence-electron chi connectivity index (χ0n) is 11.8. The van der Waals surface area contributed by atoms with Crippen LogP contribution >= 0.6 is 0 Å². The first kappa shape index (κ1) is 14.9. The predicted octanol–water partition coefficient (Wildman–Crippen LogP) is 1.60. The number of ether oxygens (including phenoxy) is 1. The van der Waals surface area contributed by atoms with Crippen LogP contribution in [0.15, 0.2) is 4.42 Å². The smallest absolute Gasteiger partial charge is 0.318 e. The van der Waals surface area contributed by atoms with E-state index < -0.39 is 0 Å². The number of hydrogen-bond acceptors (Lipinski definition) is 6. The normalized spacial score (nSPS) is 12.7. The molecule has 0 saturated heterocycles. The van der Waals surface area contributed by atoms with E-state index >= 15 is 0 Å². The molecule has 0 spiro atoms. The molecule has 1 unspecified atom stereocenters. The Hall–Kier alpha value is -1.14. The second kappa shape index (κ2) is 8.05. The van der Waals surface area contributed by atoms with Gasteiger partial charge in [-0.25, -0.2) is 0 Å². The summed E-state index contributed by atoms with van der Waals surface area (Å²) in [5.41, 5.74) is 0. The Labute approximate surface area is 109 Å². The van der Waals surface area contributed by atoms with E-state index in [1.54, 1.807) is 0 Å². The zero-order chi connectivity index (χ0) is 13.4. The molecule has 0 aliphatic carbocycles. The first-order chi connectivity index (χ1) is 8.69. The monoisotopic (exact) mass is 256 g/mol. The molecule has 0 aliphatic heterocycles. The Morgan fingerprint density at radius 1 is 1.39 bits per heavy atom. The average molecular weight is 256 g/mol. The largest absolute Gasteiger partial charge is 0.406 e. The third-order valence-corrected chi connectivity index (χ3v) is 2.60. The number of likely N-dealkylation sites (N-methyl/N-ethyl adjacent to an activating group) is 1. The number of nitrogens with zero attached hydrogens (tertiary/aromatic N) is 3. The highest BCUT2D eigenvalue weighted by atomic mass is 16.5. The van der Waals surface area contributed by atoms with Crippen LogP contribution in [0, 0.1) is 0 Å². The van der Waals surface area contributed by atoms with Gasteiger partial charge in [-0.05, 0) is 26.8 Å². The van der Waals surface area contributed by atoms with E-state index in [1.165, 1.54) is 0 Å². The Balaban J connectivity index is 2.46. The van der Waals surface area contributed by atoms with Crippen LogP contribution in [0.4, 0.5) is 6.01 Å². The van der Waals surface area contributed by atoms with Crippen LogP contribution in [0.5, 0.6) is 0 Å². The van der Waals surface area contributed by atoms with E-state index in [-0.39, 0.29) is 6.04 Å². The lowest BCUT2D eigenvalue weighted by atomic mass is 10.3. The van der Waals surface area contributed by atoms with Crippen molar-refractivity contribution in [3.05, 3.63) is 5.89 Å². The molecule has 0 amide bonds. The molecule has 0 aliphatic rings. The van der Waals surface area contributed by atoms with Crippen molar-refractivity contribution in [2.24, 2.45) is 0 Å². The Morgan fingerprint density at radius 2 is 2.17 bits per heavy atom. The highest BCUT2D eigenvalue weighted by Crippen LogP contribution is 2.15. The first-order valence-corrected chi connectivity index (χ1v) is 6.54. The van der Waals surface area contributed by atoms with E-state index in [1.807, 2.05) is 25.8 Å². The minimum atomic E-state index is 0.0893. The Kier molecular flexibility index (Phi) is 6.67. The summed E-state index contributed by atoms with van der Waals surface area (Å²) < 4.78 is 10.9. The molecule has 0 fully saturated rings. The molecule has 6 heteroatoms. The van der Waals surface area contributed by atoms with Crippen molar-refractivity contribution in [1.82, 2.24) is 15.5 Å². The van der Waals surface area contributed by atoms with Gasteiger partial charge in [0, 0.05) is 20.2 Å². The molecule has 1 heterocycles. The molecular formula is C12H24N4O2. The molecule has 0 radical (unpaired) electrons. The van der Waals surface area contributed by atoms with Crippen LogP contribution in [0.2, 0.25) is 0 Å². The first-order valence-electron chi connectivity index (χ1n) is 6.54. The van der Waals surface area contributed by atoms with Gasteiger partial charge in [-0.1, -0.05) is 12.0 Å². The number of hydrogen-bond donors (Lipinski definition) is 1. The van der Waals surface area contributed by atoms with Gasteiger partial charge in [-0.15, -0.1) is 5.10 Å². The van der Waals surface area contributed by atoms with E-state index in [2.05, 4.69) is 22.4 Å². The summed E-state index contributed by atoms with van der Waals surface area (Å²) in [6.45, 7) is 9.19. The lowest BCUT2D eigenvalue weighted by Crippen LogP contribution is -2.23. The van der Waals surface area contributed by atoms with Gasteiger partial charge in [-0.3, -0.25) is 0 Å². The summed E-state index contributed by atoms with van der Waals surface area (Å²) in [5, 5.41) is 11.4. The zero-order valence-corrected chi connectivity index (χ0v) is 11.8. The van der Waals surface area contributed by atoms with Crippen molar-refractivity contribution >= 4 is 6.01 Å². The van der Waals surface area contributed by atoms with Crippen LogP contribution < -0.4 is 10.2 Å². The van der Waals surface area contributed by atoms with Gasteiger partial charge in [0.05, 0.1) is 12.6 Å². The standard InChI is InChI=1S/C12H24N4O2/c1-5-7-13-10(3)11-14-15-12(18-11)16(4)8-9-17-6-2/h10,13H,5-9H2,1-4H3. The summed E-state index contributed by atoms with van der Waals surface area (Å²) in [4.78, 5) is 1.90. The fourth-order valence-corrected chi connectivity index (χ4v) is 1.45. The maximum atomic E-state index is 5.62. The molecule has 1 atom stereocenters. The van der Waals surface area contributed by atoms with Gasteiger partial charge in [-0.2, -0.15) is 0 Å². The number of anilines is 1. The van der Waals surface area contributed by atoms with Gasteiger partial charge in [0.15, 0.2) is 0 Å². The lowest BCUT2D eigenvalue weighted by Gasteiger charge is -2.13. The molecule has 104 valence electrons. The second-order valence-corrected chi connectivity index (χ2v) is 4.22. The third kappa shape index (κ3) is 4.62. The van der Waals surface area contributed by atoms with Gasteiger partial charge >= 0.3 is 6.01 Å². The van der Waals surface area contributed by atoms with Crippen LogP contribution in [-0.2, 0) is 4.74 Å².